The van der Waals surface area contributed by atoms with Gasteiger partial charge in [-0.3, -0.25) is 0 Å². The lowest BCUT2D eigenvalue weighted by molar-refractivity contribution is 0.504. The van der Waals surface area contributed by atoms with E-state index in [0.29, 0.717) is 0 Å². The molecule has 0 aromatic heterocycles. The van der Waals surface area contributed by atoms with Crippen LogP contribution in [-0.2, 0) is 0 Å². The molecule has 1 fully saturated rings. The van der Waals surface area contributed by atoms with Gasteiger partial charge >= 0.3 is 0 Å². The second kappa shape index (κ2) is 10.8. The number of rotatable bonds is 2. The fourth-order valence-electron chi connectivity index (χ4n) is 2.70. The molecule has 1 heterocycles. The summed E-state index contributed by atoms with van der Waals surface area (Å²) < 4.78 is 0. The Bertz CT molecular complexity index is 499. The highest BCUT2D eigenvalue weighted by Crippen LogP contribution is 2.26. The number of nitrogens with two attached hydrogens (primary N) is 1. The van der Waals surface area contributed by atoms with E-state index in [1.54, 1.807) is 0 Å². The van der Waals surface area contributed by atoms with Gasteiger partial charge in [0.15, 0.2) is 0 Å². The molecular weight excluding hydrogens is 282 g/mol. The maximum atomic E-state index is 4.50. The molecule has 2 aliphatic rings. The van der Waals surface area contributed by atoms with Crippen LogP contribution < -0.4 is 10.7 Å². The van der Waals surface area contributed by atoms with E-state index in [1.807, 2.05) is 42.3 Å². The Morgan fingerprint density at radius 1 is 1.00 bits per heavy atom. The zero-order chi connectivity index (χ0) is 17.1. The maximum absolute atomic E-state index is 4.50. The second-order valence-electron chi connectivity index (χ2n) is 5.81. The molecule has 3 rings (SSSR count). The number of nitrogens with zero attached hydrogens (tertiary/aromatic N) is 2. The largest absolute Gasteiger partial charge is 0.333 e. The van der Waals surface area contributed by atoms with Gasteiger partial charge in [-0.2, -0.15) is 5.10 Å². The van der Waals surface area contributed by atoms with E-state index in [0.717, 1.165) is 29.1 Å². The molecule has 2 N–H and O–H groups in total. The van der Waals surface area contributed by atoms with Gasteiger partial charge in [-0.1, -0.05) is 69.9 Å². The van der Waals surface area contributed by atoms with Gasteiger partial charge in [-0.05, 0) is 31.7 Å². The third-order valence-electron chi connectivity index (χ3n) is 3.90. The molecule has 0 saturated heterocycles. The molecule has 3 nitrogen and oxygen atoms in total. The number of anilines is 1. The summed E-state index contributed by atoms with van der Waals surface area (Å²) >= 11 is 0. The van der Waals surface area contributed by atoms with Gasteiger partial charge in [0.25, 0.3) is 0 Å². The average molecular weight is 313 g/mol. The van der Waals surface area contributed by atoms with E-state index in [1.165, 1.54) is 45.6 Å². The molecule has 23 heavy (non-hydrogen) atoms. The predicted octanol–water partition coefficient (Wildman–Crippen LogP) is 5.34. The van der Waals surface area contributed by atoms with E-state index in [4.69, 9.17) is 0 Å². The Kier molecular flexibility index (Phi) is 9.00. The molecule has 0 spiro atoms. The first-order valence-electron chi connectivity index (χ1n) is 8.53. The van der Waals surface area contributed by atoms with Crippen LogP contribution in [0, 0.1) is 0 Å². The van der Waals surface area contributed by atoms with Gasteiger partial charge in [0.1, 0.15) is 0 Å². The van der Waals surface area contributed by atoms with Crippen molar-refractivity contribution in [3.8, 4) is 0 Å². The molecule has 126 valence electrons. The average Bonchev–Trinajstić information content (AvgIpc) is 2.97. The van der Waals surface area contributed by atoms with E-state index < -0.39 is 0 Å². The van der Waals surface area contributed by atoms with Gasteiger partial charge in [0, 0.05) is 17.8 Å². The van der Waals surface area contributed by atoms with Crippen molar-refractivity contribution in [1.29, 1.82) is 0 Å². The van der Waals surface area contributed by atoms with Crippen molar-refractivity contribution in [2.24, 2.45) is 10.8 Å². The molecule has 0 amide bonds. The monoisotopic (exact) mass is 313 g/mol. The Hall–Kier alpha value is -1.87. The highest BCUT2D eigenvalue weighted by molar-refractivity contribution is 5.89. The first-order valence-corrected chi connectivity index (χ1v) is 8.53. The third kappa shape index (κ3) is 6.41. The summed E-state index contributed by atoms with van der Waals surface area (Å²) in [5.41, 5.74) is 8.80. The molecule has 0 radical (unpaired) electrons. The summed E-state index contributed by atoms with van der Waals surface area (Å²) in [5, 5.41) is 6.31. The minimum absolute atomic E-state index is 0.864. The summed E-state index contributed by atoms with van der Waals surface area (Å²) in [6.07, 6.45) is 11.7. The maximum Gasteiger partial charge on any atom is 0.0649 e. The Balaban J connectivity index is 0.000000276. The number of hydrogen-bond acceptors (Lipinski definition) is 3. The minimum atomic E-state index is 0.864. The third-order valence-corrected chi connectivity index (χ3v) is 3.90. The van der Waals surface area contributed by atoms with Gasteiger partial charge in [-0.25, -0.2) is 5.01 Å². The molecule has 0 bridgehead atoms. The van der Waals surface area contributed by atoms with Gasteiger partial charge in [-0.15, -0.1) is 0 Å². The summed E-state index contributed by atoms with van der Waals surface area (Å²) in [5.74, 6) is 0. The standard InChI is InChI=1S/C13H14N2.C6H12.CH5N/c1-4-12-5-7-13(8-6-12)15-11(3)9-10(2)14-15;1-2-4-6-5-3-1;1-2/h4-8H,1,3,9H2,2H3;1-6H2;2H2,1H3. The van der Waals surface area contributed by atoms with Crippen LogP contribution in [0.15, 0.2) is 48.2 Å². The van der Waals surface area contributed by atoms with E-state index in [-0.39, 0.29) is 0 Å². The van der Waals surface area contributed by atoms with Crippen LogP contribution in [0.5, 0.6) is 0 Å². The topological polar surface area (TPSA) is 41.6 Å². The van der Waals surface area contributed by atoms with Crippen LogP contribution in [0.1, 0.15) is 57.4 Å². The Morgan fingerprint density at radius 2 is 1.48 bits per heavy atom. The SMILES string of the molecule is C1CCCCC1.C=Cc1ccc(N2N=C(C)CC2=C)cc1.CN. The van der Waals surface area contributed by atoms with Gasteiger partial charge < -0.3 is 5.73 Å². The van der Waals surface area contributed by atoms with Crippen molar-refractivity contribution < 1.29 is 0 Å². The lowest BCUT2D eigenvalue weighted by Crippen LogP contribution is -2.08. The lowest BCUT2D eigenvalue weighted by atomic mass is 10.0. The predicted molar refractivity (Wildman–Crippen MR) is 104 cm³/mol. The number of hydrazone groups is 1. The molecule has 3 heteroatoms. The number of benzene rings is 1. The number of hydrogen-bond donors (Lipinski definition) is 1. The summed E-state index contributed by atoms with van der Waals surface area (Å²) in [4.78, 5) is 0. The van der Waals surface area contributed by atoms with E-state index >= 15 is 0 Å². The van der Waals surface area contributed by atoms with E-state index in [2.05, 4.69) is 24.0 Å². The summed E-state index contributed by atoms with van der Waals surface area (Å²) in [6.45, 7) is 9.74. The number of allylic oxidation sites excluding steroid dienone is 1. The molecule has 1 aromatic rings. The zero-order valence-electron chi connectivity index (χ0n) is 14.7. The Morgan fingerprint density at radius 3 is 1.83 bits per heavy atom. The smallest absolute Gasteiger partial charge is 0.0649 e. The molecule has 0 unspecified atom stereocenters. The van der Waals surface area contributed by atoms with Crippen LogP contribution in [0.4, 0.5) is 5.69 Å². The second-order valence-corrected chi connectivity index (χ2v) is 5.81. The highest BCUT2D eigenvalue weighted by atomic mass is 15.5. The molecule has 1 aliphatic heterocycles. The van der Waals surface area contributed by atoms with Crippen molar-refractivity contribution in [1.82, 2.24) is 0 Å². The quantitative estimate of drug-likeness (QED) is 0.800. The van der Waals surface area contributed by atoms with Gasteiger partial charge in [0.2, 0.25) is 0 Å². The minimum Gasteiger partial charge on any atom is -0.333 e. The van der Waals surface area contributed by atoms with Crippen molar-refractivity contribution in [3.05, 3.63) is 48.7 Å². The fraction of sp³-hybridized carbons (Fsp3) is 0.450. The normalized spacial score (nSPS) is 16.6. The molecule has 1 aliphatic carbocycles. The van der Waals surface area contributed by atoms with Crippen LogP contribution in [0.3, 0.4) is 0 Å². The van der Waals surface area contributed by atoms with Gasteiger partial charge in [0.05, 0.1) is 5.69 Å². The van der Waals surface area contributed by atoms with Crippen molar-refractivity contribution in [2.45, 2.75) is 51.9 Å². The molecule has 1 saturated carbocycles. The molecular formula is C20H31N3. The fourth-order valence-corrected chi connectivity index (χ4v) is 2.70. The van der Waals surface area contributed by atoms with Crippen molar-refractivity contribution >= 4 is 17.5 Å². The lowest BCUT2D eigenvalue weighted by Gasteiger charge is -2.15. The van der Waals surface area contributed by atoms with Crippen LogP contribution in [-0.4, -0.2) is 12.8 Å². The van der Waals surface area contributed by atoms with Crippen molar-refractivity contribution in [3.63, 3.8) is 0 Å². The summed E-state index contributed by atoms with van der Waals surface area (Å²) in [7, 11) is 1.50. The van der Waals surface area contributed by atoms with Crippen LogP contribution >= 0.6 is 0 Å². The molecule has 1 aromatic carbocycles. The first kappa shape index (κ1) is 19.2. The highest BCUT2D eigenvalue weighted by Gasteiger charge is 2.16. The summed E-state index contributed by atoms with van der Waals surface area (Å²) in [6, 6.07) is 8.12. The molecule has 0 atom stereocenters. The van der Waals surface area contributed by atoms with Crippen LogP contribution in [0.25, 0.3) is 6.08 Å². The van der Waals surface area contributed by atoms with Crippen LogP contribution in [0.2, 0.25) is 0 Å². The zero-order valence-corrected chi connectivity index (χ0v) is 14.7. The first-order chi connectivity index (χ1) is 11.2. The van der Waals surface area contributed by atoms with Crippen molar-refractivity contribution in [2.75, 3.05) is 12.1 Å². The van der Waals surface area contributed by atoms with E-state index in [9.17, 15) is 0 Å². The Labute approximate surface area is 141 Å².